The van der Waals surface area contributed by atoms with Crippen molar-refractivity contribution >= 4 is 29.6 Å². The van der Waals surface area contributed by atoms with Crippen molar-refractivity contribution in [2.45, 2.75) is 39.5 Å². The number of ether oxygens (including phenoxy) is 2. The summed E-state index contributed by atoms with van der Waals surface area (Å²) in [6.07, 6.45) is 0.452. The highest BCUT2D eigenvalue weighted by atomic mass is 32.2. The van der Waals surface area contributed by atoms with Gasteiger partial charge in [0.05, 0.1) is 17.2 Å². The number of hydrogen-bond donors (Lipinski definition) is 0. The summed E-state index contributed by atoms with van der Waals surface area (Å²) in [5.41, 5.74) is 0.444. The second kappa shape index (κ2) is 5.71. The Bertz CT molecular complexity index is 520. The maximum atomic E-state index is 12.1. The van der Waals surface area contributed by atoms with Gasteiger partial charge in [-0.1, -0.05) is 0 Å². The molecular formula is C14H19NO5S. The van der Waals surface area contributed by atoms with Gasteiger partial charge in [-0.2, -0.15) is 0 Å². The van der Waals surface area contributed by atoms with Crippen LogP contribution in [0.15, 0.2) is 11.3 Å². The summed E-state index contributed by atoms with van der Waals surface area (Å²) in [4.78, 5) is 36.8. The van der Waals surface area contributed by atoms with Crippen molar-refractivity contribution < 1.29 is 23.9 Å². The number of β-lactam (4-membered cyclic amide) rings is 1. The van der Waals surface area contributed by atoms with E-state index in [9.17, 15) is 14.4 Å². The lowest BCUT2D eigenvalue weighted by Gasteiger charge is -2.43. The van der Waals surface area contributed by atoms with Crippen molar-refractivity contribution in [3.05, 3.63) is 11.3 Å². The smallest absolute Gasteiger partial charge is 0.357 e. The maximum absolute atomic E-state index is 12.1. The first-order valence-electron chi connectivity index (χ1n) is 6.69. The summed E-state index contributed by atoms with van der Waals surface area (Å²) in [5, 5.41) is 0.0286. The molecule has 7 heteroatoms. The fourth-order valence-electron chi connectivity index (χ4n) is 1.98. The van der Waals surface area contributed by atoms with Crippen LogP contribution in [0.4, 0.5) is 0 Å². The average molecular weight is 313 g/mol. The summed E-state index contributed by atoms with van der Waals surface area (Å²) in [7, 11) is 0. The molecule has 0 aromatic rings. The quantitative estimate of drug-likeness (QED) is 0.448. The minimum Gasteiger partial charge on any atom is -0.427 e. The summed E-state index contributed by atoms with van der Waals surface area (Å²) in [6, 6.07) is 0. The largest absolute Gasteiger partial charge is 0.427 e. The number of carbonyl (C=O) groups is 3. The molecule has 1 saturated heterocycles. The monoisotopic (exact) mass is 313 g/mol. The fraction of sp³-hybridized carbons (Fsp3) is 0.643. The number of amides is 1. The van der Waals surface area contributed by atoms with Gasteiger partial charge >= 0.3 is 11.9 Å². The number of hydrogen-bond acceptors (Lipinski definition) is 6. The van der Waals surface area contributed by atoms with Crippen molar-refractivity contribution in [2.24, 2.45) is 5.41 Å². The van der Waals surface area contributed by atoms with E-state index < -0.39 is 24.1 Å². The third-order valence-electron chi connectivity index (χ3n) is 3.23. The van der Waals surface area contributed by atoms with Crippen LogP contribution >= 0.6 is 11.8 Å². The number of carbonyl (C=O) groups excluding carboxylic acids is 3. The molecule has 0 spiro atoms. The van der Waals surface area contributed by atoms with Crippen LogP contribution in [0.5, 0.6) is 0 Å². The van der Waals surface area contributed by atoms with Gasteiger partial charge in [-0.3, -0.25) is 14.5 Å². The second-order valence-corrected chi connectivity index (χ2v) is 7.26. The molecule has 21 heavy (non-hydrogen) atoms. The minimum absolute atomic E-state index is 0.0286. The lowest BCUT2D eigenvalue weighted by molar-refractivity contribution is -0.173. The van der Waals surface area contributed by atoms with Gasteiger partial charge in [0, 0.05) is 5.75 Å². The van der Waals surface area contributed by atoms with Crippen LogP contribution in [0.25, 0.3) is 0 Å². The van der Waals surface area contributed by atoms with Crippen molar-refractivity contribution in [3.8, 4) is 0 Å². The van der Waals surface area contributed by atoms with E-state index >= 15 is 0 Å². The van der Waals surface area contributed by atoms with E-state index in [2.05, 4.69) is 0 Å². The van der Waals surface area contributed by atoms with Crippen LogP contribution in [-0.4, -0.2) is 40.7 Å². The number of nitrogens with zero attached hydrogens (tertiary/aromatic N) is 1. The molecule has 0 N–H and O–H groups in total. The van der Waals surface area contributed by atoms with Crippen LogP contribution in [0.2, 0.25) is 0 Å². The van der Waals surface area contributed by atoms with E-state index in [0.29, 0.717) is 17.9 Å². The van der Waals surface area contributed by atoms with Crippen molar-refractivity contribution in [1.29, 1.82) is 0 Å². The molecule has 1 atom stereocenters. The zero-order chi connectivity index (χ0) is 15.8. The average Bonchev–Trinajstić information content (AvgIpc) is 2.37. The highest BCUT2D eigenvalue weighted by Crippen LogP contribution is 2.39. The highest BCUT2D eigenvalue weighted by molar-refractivity contribution is 8.00. The van der Waals surface area contributed by atoms with Gasteiger partial charge in [-0.15, -0.1) is 11.8 Å². The first kappa shape index (κ1) is 15.9. The molecule has 0 bridgehead atoms. The maximum Gasteiger partial charge on any atom is 0.357 e. The van der Waals surface area contributed by atoms with Crippen LogP contribution in [-0.2, 0) is 23.9 Å². The first-order valence-corrected chi connectivity index (χ1v) is 7.74. The van der Waals surface area contributed by atoms with Crippen molar-refractivity contribution in [1.82, 2.24) is 4.90 Å². The van der Waals surface area contributed by atoms with Gasteiger partial charge < -0.3 is 9.47 Å². The third kappa shape index (κ3) is 3.23. The number of fused-ring (bicyclic) bond motifs is 1. The Morgan fingerprint density at radius 2 is 2.00 bits per heavy atom. The Kier molecular flexibility index (Phi) is 4.32. The normalized spacial score (nSPS) is 21.6. The van der Waals surface area contributed by atoms with Crippen LogP contribution < -0.4 is 0 Å². The molecule has 2 rings (SSSR count). The molecule has 0 saturated carbocycles. The van der Waals surface area contributed by atoms with E-state index in [-0.39, 0.29) is 11.3 Å². The van der Waals surface area contributed by atoms with Crippen LogP contribution in [0.1, 0.15) is 34.1 Å². The van der Waals surface area contributed by atoms with Gasteiger partial charge in [-0.25, -0.2) is 4.79 Å². The summed E-state index contributed by atoms with van der Waals surface area (Å²) >= 11 is 1.63. The molecule has 0 aromatic carbocycles. The Balaban J connectivity index is 1.94. The minimum atomic E-state index is -0.651. The first-order chi connectivity index (χ1) is 9.71. The zero-order valence-corrected chi connectivity index (χ0v) is 13.4. The molecule has 1 fully saturated rings. The summed E-state index contributed by atoms with van der Waals surface area (Å²) in [6.45, 7) is 6.50. The zero-order valence-electron chi connectivity index (χ0n) is 12.6. The molecular weight excluding hydrogens is 294 g/mol. The van der Waals surface area contributed by atoms with Crippen molar-refractivity contribution in [3.63, 3.8) is 0 Å². The van der Waals surface area contributed by atoms with Gasteiger partial charge in [0.1, 0.15) is 5.70 Å². The Morgan fingerprint density at radius 1 is 1.33 bits per heavy atom. The van der Waals surface area contributed by atoms with E-state index in [1.807, 2.05) is 0 Å². The predicted molar refractivity (Wildman–Crippen MR) is 76.9 cm³/mol. The van der Waals surface area contributed by atoms with E-state index in [1.54, 1.807) is 39.5 Å². The second-order valence-electron chi connectivity index (χ2n) is 6.09. The molecule has 6 nitrogen and oxygen atoms in total. The molecule has 116 valence electrons. The van der Waals surface area contributed by atoms with E-state index in [1.165, 1.54) is 4.90 Å². The highest BCUT2D eigenvalue weighted by Gasteiger charge is 2.45. The van der Waals surface area contributed by atoms with Gasteiger partial charge in [0.25, 0.3) is 0 Å². The Labute approximate surface area is 127 Å². The summed E-state index contributed by atoms with van der Waals surface area (Å²) in [5.74, 6) is -0.448. The van der Waals surface area contributed by atoms with Crippen LogP contribution in [0.3, 0.4) is 0 Å². The molecule has 2 aliphatic rings. The predicted octanol–water partition coefficient (Wildman–Crippen LogP) is 1.66. The fourth-order valence-corrected chi connectivity index (χ4v) is 3.19. The van der Waals surface area contributed by atoms with Gasteiger partial charge in [0.2, 0.25) is 12.7 Å². The van der Waals surface area contributed by atoms with E-state index in [0.717, 1.165) is 5.57 Å². The summed E-state index contributed by atoms with van der Waals surface area (Å²) < 4.78 is 9.87. The standard InChI is InChI=1S/C14H19NO5S/c1-8-6-21-10-5-9(16)15(10)11(8)12(17)19-7-20-13(18)14(2,3)4/h10H,5-7H2,1-4H3/t10-/m0/s1. The van der Waals surface area contributed by atoms with Gasteiger partial charge in [-0.05, 0) is 33.3 Å². The molecule has 2 aliphatic heterocycles. The molecule has 0 aliphatic carbocycles. The SMILES string of the molecule is CC1=C(C(=O)OCOC(=O)C(C)(C)C)N2C(=O)C[C@@H]2SC1. The Morgan fingerprint density at radius 3 is 2.57 bits per heavy atom. The van der Waals surface area contributed by atoms with E-state index in [4.69, 9.17) is 9.47 Å². The van der Waals surface area contributed by atoms with Gasteiger partial charge in [0.15, 0.2) is 0 Å². The van der Waals surface area contributed by atoms with Crippen LogP contribution in [0, 0.1) is 5.41 Å². The molecule has 0 radical (unpaired) electrons. The molecule has 0 unspecified atom stereocenters. The topological polar surface area (TPSA) is 72.9 Å². The third-order valence-corrected chi connectivity index (χ3v) is 4.59. The molecule has 0 aromatic heterocycles. The lowest BCUT2D eigenvalue weighted by Crippen LogP contribution is -2.54. The Hall–Kier alpha value is -1.50. The van der Waals surface area contributed by atoms with Crippen molar-refractivity contribution in [2.75, 3.05) is 12.5 Å². The number of thioether (sulfide) groups is 1. The molecule has 1 amide bonds. The lowest BCUT2D eigenvalue weighted by atomic mass is 9.98. The number of esters is 2. The number of rotatable bonds is 3. The molecule has 2 heterocycles.